The molecular formula is C13H17ClN2O3S. The van der Waals surface area contributed by atoms with Gasteiger partial charge < -0.3 is 4.90 Å². The van der Waals surface area contributed by atoms with Crippen molar-refractivity contribution in [2.45, 2.75) is 37.1 Å². The van der Waals surface area contributed by atoms with Crippen LogP contribution in [-0.2, 0) is 10.0 Å². The third-order valence-corrected chi connectivity index (χ3v) is 4.59. The highest BCUT2D eigenvalue weighted by Crippen LogP contribution is 2.29. The van der Waals surface area contributed by atoms with Gasteiger partial charge in [0.1, 0.15) is 4.90 Å². The zero-order valence-corrected chi connectivity index (χ0v) is 12.7. The maximum Gasteiger partial charge on any atom is 0.254 e. The molecule has 2 N–H and O–H groups in total. The smallest absolute Gasteiger partial charge is 0.254 e. The van der Waals surface area contributed by atoms with Crippen molar-refractivity contribution < 1.29 is 13.2 Å². The van der Waals surface area contributed by atoms with Crippen molar-refractivity contribution in [1.82, 2.24) is 4.90 Å². The van der Waals surface area contributed by atoms with Crippen LogP contribution >= 0.6 is 11.6 Å². The van der Waals surface area contributed by atoms with Crippen LogP contribution < -0.4 is 5.14 Å². The van der Waals surface area contributed by atoms with Gasteiger partial charge in [0, 0.05) is 18.2 Å². The van der Waals surface area contributed by atoms with E-state index in [1.807, 2.05) is 6.92 Å². The van der Waals surface area contributed by atoms with Gasteiger partial charge in [-0.2, -0.15) is 0 Å². The summed E-state index contributed by atoms with van der Waals surface area (Å²) in [5.41, 5.74) is 0.304. The Hall–Kier alpha value is -1.11. The summed E-state index contributed by atoms with van der Waals surface area (Å²) in [4.78, 5) is 14.0. The zero-order valence-electron chi connectivity index (χ0n) is 11.2. The van der Waals surface area contributed by atoms with Gasteiger partial charge >= 0.3 is 0 Å². The molecule has 0 spiro atoms. The molecule has 2 rings (SSSR count). The highest BCUT2D eigenvalue weighted by atomic mass is 35.5. The molecule has 1 fully saturated rings. The lowest BCUT2D eigenvalue weighted by atomic mass is 10.2. The van der Waals surface area contributed by atoms with Crippen LogP contribution in [-0.4, -0.2) is 31.8 Å². The van der Waals surface area contributed by atoms with E-state index >= 15 is 0 Å². The van der Waals surface area contributed by atoms with E-state index in [2.05, 4.69) is 0 Å². The number of sulfonamides is 1. The Bertz CT molecular complexity index is 627. The van der Waals surface area contributed by atoms with E-state index in [1.54, 1.807) is 4.90 Å². The number of nitrogens with zero attached hydrogens (tertiary/aromatic N) is 1. The van der Waals surface area contributed by atoms with Crippen LogP contribution in [0.5, 0.6) is 0 Å². The Morgan fingerprint density at radius 2 is 2.10 bits per heavy atom. The number of amides is 1. The van der Waals surface area contributed by atoms with E-state index in [0.29, 0.717) is 12.1 Å². The third-order valence-electron chi connectivity index (χ3n) is 3.20. The maximum absolute atomic E-state index is 12.5. The maximum atomic E-state index is 12.5. The van der Waals surface area contributed by atoms with Gasteiger partial charge in [-0.25, -0.2) is 13.6 Å². The molecule has 0 radical (unpaired) electrons. The fraction of sp³-hybridized carbons (Fsp3) is 0.462. The number of carbonyl (C=O) groups is 1. The Morgan fingerprint density at radius 1 is 1.45 bits per heavy atom. The fourth-order valence-corrected chi connectivity index (χ4v) is 3.17. The Labute approximate surface area is 123 Å². The van der Waals surface area contributed by atoms with E-state index < -0.39 is 10.0 Å². The molecule has 0 saturated heterocycles. The van der Waals surface area contributed by atoms with Crippen molar-refractivity contribution >= 4 is 27.5 Å². The predicted octanol–water partition coefficient (Wildman–Crippen LogP) is 2.00. The number of benzene rings is 1. The largest absolute Gasteiger partial charge is 0.336 e. The lowest BCUT2D eigenvalue weighted by Gasteiger charge is -2.22. The first-order valence-corrected chi connectivity index (χ1v) is 8.40. The molecule has 0 aliphatic heterocycles. The normalized spacial score (nSPS) is 15.2. The molecule has 1 aliphatic rings. The first-order chi connectivity index (χ1) is 9.34. The van der Waals surface area contributed by atoms with E-state index in [0.717, 1.165) is 19.3 Å². The van der Waals surface area contributed by atoms with Crippen molar-refractivity contribution in [3.05, 3.63) is 28.8 Å². The Kier molecular flexibility index (Phi) is 4.36. The fourth-order valence-electron chi connectivity index (χ4n) is 2.10. The third kappa shape index (κ3) is 3.31. The molecule has 5 nitrogen and oxygen atoms in total. The molecule has 0 aromatic heterocycles. The highest BCUT2D eigenvalue weighted by Gasteiger charge is 2.32. The summed E-state index contributed by atoms with van der Waals surface area (Å²) in [6.45, 7) is 2.66. The number of primary sulfonamides is 1. The number of hydrogen-bond acceptors (Lipinski definition) is 3. The first kappa shape index (κ1) is 15.3. The molecule has 1 aromatic carbocycles. The summed E-state index contributed by atoms with van der Waals surface area (Å²) in [5.74, 6) is -0.170. The van der Waals surface area contributed by atoms with Gasteiger partial charge in [-0.15, -0.1) is 0 Å². The summed E-state index contributed by atoms with van der Waals surface area (Å²) in [6, 6.07) is 4.46. The molecule has 1 amide bonds. The van der Waals surface area contributed by atoms with Crippen molar-refractivity contribution in [1.29, 1.82) is 0 Å². The van der Waals surface area contributed by atoms with E-state index in [4.69, 9.17) is 16.7 Å². The second kappa shape index (κ2) is 5.71. The molecular weight excluding hydrogens is 300 g/mol. The van der Waals surface area contributed by atoms with Crippen LogP contribution in [0, 0.1) is 0 Å². The van der Waals surface area contributed by atoms with Gasteiger partial charge in [0.15, 0.2) is 0 Å². The minimum atomic E-state index is -3.93. The minimum Gasteiger partial charge on any atom is -0.336 e. The summed E-state index contributed by atoms with van der Waals surface area (Å²) >= 11 is 5.82. The van der Waals surface area contributed by atoms with Gasteiger partial charge in [0.2, 0.25) is 10.0 Å². The zero-order chi connectivity index (χ0) is 14.9. The molecule has 20 heavy (non-hydrogen) atoms. The molecule has 0 heterocycles. The molecule has 0 bridgehead atoms. The van der Waals surface area contributed by atoms with Crippen molar-refractivity contribution in [3.63, 3.8) is 0 Å². The van der Waals surface area contributed by atoms with Crippen LogP contribution in [0.15, 0.2) is 23.1 Å². The molecule has 1 saturated carbocycles. The second-order valence-electron chi connectivity index (χ2n) is 4.92. The average Bonchev–Trinajstić information content (AvgIpc) is 3.18. The van der Waals surface area contributed by atoms with E-state index in [-0.39, 0.29) is 21.9 Å². The van der Waals surface area contributed by atoms with Gasteiger partial charge in [0.05, 0.1) is 5.02 Å². The number of carbonyl (C=O) groups excluding carboxylic acids is 1. The quantitative estimate of drug-likeness (QED) is 0.902. The topological polar surface area (TPSA) is 80.5 Å². The number of rotatable bonds is 5. The summed E-state index contributed by atoms with van der Waals surface area (Å²) < 4.78 is 22.9. The Morgan fingerprint density at radius 3 is 2.60 bits per heavy atom. The van der Waals surface area contributed by atoms with Crippen molar-refractivity contribution in [3.8, 4) is 0 Å². The number of nitrogens with two attached hydrogens (primary N) is 1. The summed E-state index contributed by atoms with van der Waals surface area (Å²) in [7, 11) is -3.93. The minimum absolute atomic E-state index is 0.0255. The molecule has 1 aliphatic carbocycles. The molecule has 1 aromatic rings. The van der Waals surface area contributed by atoms with Gasteiger partial charge in [0.25, 0.3) is 5.91 Å². The van der Waals surface area contributed by atoms with Crippen LogP contribution in [0.2, 0.25) is 5.02 Å². The summed E-state index contributed by atoms with van der Waals surface area (Å²) in [5, 5.41) is 5.12. The molecule has 0 atom stereocenters. The number of halogens is 1. The van der Waals surface area contributed by atoms with Gasteiger partial charge in [-0.3, -0.25) is 4.79 Å². The SMILES string of the molecule is CCCN(C(=O)c1ccc(Cl)c(S(N)(=O)=O)c1)C1CC1. The van der Waals surface area contributed by atoms with Crippen molar-refractivity contribution in [2.75, 3.05) is 6.54 Å². The van der Waals surface area contributed by atoms with Gasteiger partial charge in [-0.05, 0) is 37.5 Å². The number of hydrogen-bond donors (Lipinski definition) is 1. The van der Waals surface area contributed by atoms with Crippen LogP contribution in [0.25, 0.3) is 0 Å². The first-order valence-electron chi connectivity index (χ1n) is 6.48. The molecule has 7 heteroatoms. The average molecular weight is 317 g/mol. The van der Waals surface area contributed by atoms with E-state index in [9.17, 15) is 13.2 Å². The van der Waals surface area contributed by atoms with Gasteiger partial charge in [-0.1, -0.05) is 18.5 Å². The molecule has 110 valence electrons. The lowest BCUT2D eigenvalue weighted by molar-refractivity contribution is 0.0743. The van der Waals surface area contributed by atoms with Crippen LogP contribution in [0.1, 0.15) is 36.5 Å². The predicted molar refractivity (Wildman–Crippen MR) is 77.2 cm³/mol. The Balaban J connectivity index is 2.35. The highest BCUT2D eigenvalue weighted by molar-refractivity contribution is 7.89. The standard InChI is InChI=1S/C13H17ClN2O3S/c1-2-7-16(10-4-5-10)13(17)9-3-6-11(14)12(8-9)20(15,18)19/h3,6,8,10H,2,4-5,7H2,1H3,(H2,15,18,19). The lowest BCUT2D eigenvalue weighted by Crippen LogP contribution is -2.34. The van der Waals surface area contributed by atoms with E-state index in [1.165, 1.54) is 18.2 Å². The van der Waals surface area contributed by atoms with Crippen molar-refractivity contribution in [2.24, 2.45) is 5.14 Å². The monoisotopic (exact) mass is 316 g/mol. The second-order valence-corrected chi connectivity index (χ2v) is 6.86. The van der Waals surface area contributed by atoms with Crippen LogP contribution in [0.3, 0.4) is 0 Å². The summed E-state index contributed by atoms with van der Waals surface area (Å²) in [6.07, 6.45) is 2.86. The molecule has 0 unspecified atom stereocenters. The van der Waals surface area contributed by atoms with Crippen LogP contribution in [0.4, 0.5) is 0 Å².